The summed E-state index contributed by atoms with van der Waals surface area (Å²) in [5.74, 6) is -1.06. The second-order valence-electron chi connectivity index (χ2n) is 6.35. The van der Waals surface area contributed by atoms with Crippen molar-refractivity contribution < 1.29 is 14.0 Å². The highest BCUT2D eigenvalue weighted by Gasteiger charge is 2.36. The molecule has 0 spiro atoms. The topological polar surface area (TPSA) is 49.4 Å². The quantitative estimate of drug-likeness (QED) is 0.919. The number of carbonyl (C=O) groups excluding carboxylic acids is 2. The summed E-state index contributed by atoms with van der Waals surface area (Å²) in [6.07, 6.45) is 5.75. The molecule has 0 radical (unpaired) electrons. The SMILES string of the molecule is O=C(NC1CCCCC1)C1CC(=O)N(c2ccc(F)c(Cl)c2)C1. The number of hydrogen-bond donors (Lipinski definition) is 1. The van der Waals surface area contributed by atoms with E-state index in [0.29, 0.717) is 12.2 Å². The maximum atomic E-state index is 13.2. The van der Waals surface area contributed by atoms with E-state index in [1.807, 2.05) is 0 Å². The van der Waals surface area contributed by atoms with E-state index in [2.05, 4.69) is 5.32 Å². The molecule has 23 heavy (non-hydrogen) atoms. The van der Waals surface area contributed by atoms with Crippen LogP contribution < -0.4 is 10.2 Å². The van der Waals surface area contributed by atoms with E-state index >= 15 is 0 Å². The van der Waals surface area contributed by atoms with E-state index in [-0.39, 0.29) is 35.2 Å². The van der Waals surface area contributed by atoms with Gasteiger partial charge in [-0.2, -0.15) is 0 Å². The van der Waals surface area contributed by atoms with Crippen molar-refractivity contribution in [3.8, 4) is 0 Å². The van der Waals surface area contributed by atoms with Crippen molar-refractivity contribution in [2.45, 2.75) is 44.6 Å². The van der Waals surface area contributed by atoms with Crippen LogP contribution in [0.3, 0.4) is 0 Å². The van der Waals surface area contributed by atoms with Crippen molar-refractivity contribution in [3.63, 3.8) is 0 Å². The van der Waals surface area contributed by atoms with E-state index in [1.54, 1.807) is 0 Å². The van der Waals surface area contributed by atoms with Gasteiger partial charge in [-0.05, 0) is 31.0 Å². The van der Waals surface area contributed by atoms with Crippen LogP contribution in [0, 0.1) is 11.7 Å². The normalized spacial score (nSPS) is 22.4. The molecule has 124 valence electrons. The van der Waals surface area contributed by atoms with Gasteiger partial charge in [0.25, 0.3) is 0 Å². The molecule has 0 bridgehead atoms. The third-order valence-electron chi connectivity index (χ3n) is 4.66. The minimum absolute atomic E-state index is 0.0228. The van der Waals surface area contributed by atoms with Gasteiger partial charge in [-0.25, -0.2) is 4.39 Å². The summed E-state index contributed by atoms with van der Waals surface area (Å²) in [6, 6.07) is 4.41. The van der Waals surface area contributed by atoms with Crippen LogP contribution >= 0.6 is 11.6 Å². The molecule has 1 aliphatic carbocycles. The van der Waals surface area contributed by atoms with Crippen LogP contribution in [-0.2, 0) is 9.59 Å². The van der Waals surface area contributed by atoms with E-state index in [1.165, 1.54) is 29.5 Å². The van der Waals surface area contributed by atoms with Gasteiger partial charge in [0.05, 0.1) is 10.9 Å². The number of amides is 2. The molecule has 1 saturated heterocycles. The number of anilines is 1. The van der Waals surface area contributed by atoms with Gasteiger partial charge < -0.3 is 10.2 Å². The molecule has 1 aromatic rings. The molecule has 2 fully saturated rings. The first-order chi connectivity index (χ1) is 11.0. The number of hydrogen-bond acceptors (Lipinski definition) is 2. The summed E-state index contributed by atoms with van der Waals surface area (Å²) in [4.78, 5) is 26.1. The van der Waals surface area contributed by atoms with Gasteiger partial charge >= 0.3 is 0 Å². The van der Waals surface area contributed by atoms with E-state index < -0.39 is 5.82 Å². The molecule has 1 N–H and O–H groups in total. The molecule has 2 amide bonds. The minimum Gasteiger partial charge on any atom is -0.353 e. The lowest BCUT2D eigenvalue weighted by atomic mass is 9.95. The zero-order valence-corrected chi connectivity index (χ0v) is 13.6. The van der Waals surface area contributed by atoms with Crippen molar-refractivity contribution in [1.82, 2.24) is 5.32 Å². The number of nitrogens with zero attached hydrogens (tertiary/aromatic N) is 1. The fourth-order valence-corrected chi connectivity index (χ4v) is 3.53. The Hall–Kier alpha value is -1.62. The van der Waals surface area contributed by atoms with E-state index in [9.17, 15) is 14.0 Å². The maximum absolute atomic E-state index is 13.2. The number of benzene rings is 1. The third kappa shape index (κ3) is 3.66. The molecule has 3 rings (SSSR count). The zero-order valence-electron chi connectivity index (χ0n) is 12.9. The Morgan fingerprint density at radius 2 is 2.00 bits per heavy atom. The molecule has 1 unspecified atom stereocenters. The van der Waals surface area contributed by atoms with Crippen LogP contribution in [0.25, 0.3) is 0 Å². The predicted molar refractivity (Wildman–Crippen MR) is 86.9 cm³/mol. The van der Waals surface area contributed by atoms with Gasteiger partial charge in [0, 0.05) is 24.7 Å². The molecule has 1 aliphatic heterocycles. The molecule has 4 nitrogen and oxygen atoms in total. The predicted octanol–water partition coefficient (Wildman–Crippen LogP) is 3.28. The maximum Gasteiger partial charge on any atom is 0.227 e. The Morgan fingerprint density at radius 1 is 1.26 bits per heavy atom. The van der Waals surface area contributed by atoms with Crippen molar-refractivity contribution in [3.05, 3.63) is 29.0 Å². The van der Waals surface area contributed by atoms with Crippen LogP contribution in [0.1, 0.15) is 38.5 Å². The van der Waals surface area contributed by atoms with E-state index in [4.69, 9.17) is 11.6 Å². The minimum atomic E-state index is -0.520. The highest BCUT2D eigenvalue weighted by atomic mass is 35.5. The fraction of sp³-hybridized carbons (Fsp3) is 0.529. The highest BCUT2D eigenvalue weighted by Crippen LogP contribution is 2.29. The smallest absolute Gasteiger partial charge is 0.227 e. The lowest BCUT2D eigenvalue weighted by Crippen LogP contribution is -2.40. The average molecular weight is 339 g/mol. The Morgan fingerprint density at radius 3 is 2.70 bits per heavy atom. The van der Waals surface area contributed by atoms with Crippen LogP contribution in [-0.4, -0.2) is 24.4 Å². The van der Waals surface area contributed by atoms with Crippen LogP contribution in [0.5, 0.6) is 0 Å². The second kappa shape index (κ2) is 6.87. The molecular formula is C17H20ClFN2O2. The van der Waals surface area contributed by atoms with Gasteiger partial charge in [-0.15, -0.1) is 0 Å². The molecule has 1 aromatic carbocycles. The van der Waals surface area contributed by atoms with Crippen LogP contribution in [0.4, 0.5) is 10.1 Å². The molecule has 0 aromatic heterocycles. The Kier molecular flexibility index (Phi) is 4.85. The Bertz CT molecular complexity index is 617. The lowest BCUT2D eigenvalue weighted by molar-refractivity contribution is -0.127. The van der Waals surface area contributed by atoms with Crippen molar-refractivity contribution >= 4 is 29.1 Å². The average Bonchev–Trinajstić information content (AvgIpc) is 2.93. The largest absolute Gasteiger partial charge is 0.353 e. The summed E-state index contributed by atoms with van der Waals surface area (Å²) < 4.78 is 13.2. The van der Waals surface area contributed by atoms with Crippen molar-refractivity contribution in [2.24, 2.45) is 5.92 Å². The monoisotopic (exact) mass is 338 g/mol. The molecule has 1 saturated carbocycles. The van der Waals surface area contributed by atoms with Crippen molar-refractivity contribution in [1.29, 1.82) is 0 Å². The summed E-state index contributed by atoms with van der Waals surface area (Å²) >= 11 is 5.78. The number of carbonyl (C=O) groups is 2. The van der Waals surface area contributed by atoms with Crippen LogP contribution in [0.15, 0.2) is 18.2 Å². The first-order valence-electron chi connectivity index (χ1n) is 8.10. The number of halogens is 2. The molecular weight excluding hydrogens is 319 g/mol. The zero-order chi connectivity index (χ0) is 16.4. The fourth-order valence-electron chi connectivity index (χ4n) is 3.35. The second-order valence-corrected chi connectivity index (χ2v) is 6.75. The Labute approximate surface area is 140 Å². The summed E-state index contributed by atoms with van der Waals surface area (Å²) in [5, 5.41) is 3.05. The first-order valence-corrected chi connectivity index (χ1v) is 8.48. The lowest BCUT2D eigenvalue weighted by Gasteiger charge is -2.24. The van der Waals surface area contributed by atoms with Crippen LogP contribution in [0.2, 0.25) is 5.02 Å². The summed E-state index contributed by atoms with van der Waals surface area (Å²) in [5.41, 5.74) is 0.536. The van der Waals surface area contributed by atoms with Gasteiger partial charge in [0.15, 0.2) is 0 Å². The summed E-state index contributed by atoms with van der Waals surface area (Å²) in [7, 11) is 0. The third-order valence-corrected chi connectivity index (χ3v) is 4.95. The Balaban J connectivity index is 1.64. The molecule has 1 atom stereocenters. The first kappa shape index (κ1) is 16.2. The van der Waals surface area contributed by atoms with Gasteiger partial charge in [-0.1, -0.05) is 30.9 Å². The van der Waals surface area contributed by atoms with Gasteiger partial charge in [0.2, 0.25) is 11.8 Å². The molecule has 2 aliphatic rings. The number of rotatable bonds is 3. The summed E-state index contributed by atoms with van der Waals surface area (Å²) in [6.45, 7) is 0.319. The van der Waals surface area contributed by atoms with Gasteiger partial charge in [-0.3, -0.25) is 9.59 Å². The van der Waals surface area contributed by atoms with E-state index in [0.717, 1.165) is 25.7 Å². The van der Waals surface area contributed by atoms with Crippen molar-refractivity contribution in [2.75, 3.05) is 11.4 Å². The standard InChI is InChI=1S/C17H20ClFN2O2/c18-14-9-13(6-7-15(14)19)21-10-11(8-16(21)22)17(23)20-12-4-2-1-3-5-12/h6-7,9,11-12H,1-5,8,10H2,(H,20,23). The van der Waals surface area contributed by atoms with Gasteiger partial charge in [0.1, 0.15) is 5.82 Å². The highest BCUT2D eigenvalue weighted by molar-refractivity contribution is 6.31. The molecule has 6 heteroatoms. The molecule has 1 heterocycles. The number of nitrogens with one attached hydrogen (secondary N) is 1.